The van der Waals surface area contributed by atoms with Crippen LogP contribution in [0.4, 0.5) is 0 Å². The zero-order chi connectivity index (χ0) is 10.4. The van der Waals surface area contributed by atoms with E-state index in [0.29, 0.717) is 0 Å². The lowest BCUT2D eigenvalue weighted by molar-refractivity contribution is -0.211. The Labute approximate surface area is 76.2 Å². The Hall–Kier alpha value is -1.38. The second-order valence-corrected chi connectivity index (χ2v) is 2.30. The molecule has 1 N–H and O–H groups in total. The maximum absolute atomic E-state index is 10.9. The van der Waals surface area contributed by atoms with Crippen molar-refractivity contribution in [1.29, 1.82) is 5.26 Å². The van der Waals surface area contributed by atoms with E-state index in [1.807, 2.05) is 0 Å². The van der Waals surface area contributed by atoms with E-state index >= 15 is 0 Å². The van der Waals surface area contributed by atoms with E-state index in [-0.39, 0.29) is 5.57 Å². The number of carbonyl (C=O) groups excluding carboxylic acids is 1. The second kappa shape index (κ2) is 5.30. The molecular weight excluding hydrogens is 174 g/mol. The number of nitriles is 1. The largest absolute Gasteiger partial charge is 0.432 e. The van der Waals surface area contributed by atoms with E-state index in [9.17, 15) is 4.79 Å². The van der Waals surface area contributed by atoms with Crippen molar-refractivity contribution in [3.8, 4) is 6.07 Å². The first-order valence-corrected chi connectivity index (χ1v) is 3.61. The van der Waals surface area contributed by atoms with Crippen LogP contribution in [0.15, 0.2) is 12.2 Å². The highest BCUT2D eigenvalue weighted by atomic mass is 16.7. The smallest absolute Gasteiger partial charge is 0.350 e. The molecule has 0 radical (unpaired) electrons. The van der Waals surface area contributed by atoms with Gasteiger partial charge in [0.05, 0.1) is 0 Å². The normalized spacial score (nSPS) is 14.0. The fraction of sp³-hybridized carbons (Fsp3) is 0.500. The zero-order valence-corrected chi connectivity index (χ0v) is 7.48. The minimum atomic E-state index is -1.03. The summed E-state index contributed by atoms with van der Waals surface area (Å²) in [5.41, 5.74) is -0.305. The first-order valence-electron chi connectivity index (χ1n) is 3.61. The van der Waals surface area contributed by atoms with Crippen molar-refractivity contribution >= 4 is 5.97 Å². The van der Waals surface area contributed by atoms with E-state index in [2.05, 4.69) is 16.1 Å². The first kappa shape index (κ1) is 11.6. The van der Waals surface area contributed by atoms with Crippen LogP contribution < -0.4 is 0 Å². The summed E-state index contributed by atoms with van der Waals surface area (Å²) < 4.78 is 9.25. The van der Waals surface area contributed by atoms with Crippen molar-refractivity contribution in [2.45, 2.75) is 26.4 Å². The van der Waals surface area contributed by atoms with E-state index in [4.69, 9.17) is 10.4 Å². The van der Waals surface area contributed by atoms with Gasteiger partial charge in [0.2, 0.25) is 6.29 Å². The quantitative estimate of drug-likeness (QED) is 0.295. The Bertz CT molecular complexity index is 241. The van der Waals surface area contributed by atoms with Crippen molar-refractivity contribution in [2.24, 2.45) is 0 Å². The van der Waals surface area contributed by atoms with Crippen molar-refractivity contribution in [3.63, 3.8) is 0 Å². The Morgan fingerprint density at radius 1 is 1.62 bits per heavy atom. The van der Waals surface area contributed by atoms with Gasteiger partial charge in [-0.2, -0.15) is 5.26 Å². The number of nitrogens with zero attached hydrogens (tertiary/aromatic N) is 1. The van der Waals surface area contributed by atoms with Crippen molar-refractivity contribution < 1.29 is 19.4 Å². The Balaban J connectivity index is 3.94. The standard InChI is InChI=1S/C8H11NO4/c1-5(4-9)8(11)13-7(3)12-6(2)10/h6-7,10H,1H2,2-3H3. The molecule has 0 amide bonds. The van der Waals surface area contributed by atoms with Gasteiger partial charge in [-0.1, -0.05) is 6.58 Å². The van der Waals surface area contributed by atoms with E-state index < -0.39 is 18.5 Å². The Morgan fingerprint density at radius 2 is 2.15 bits per heavy atom. The van der Waals surface area contributed by atoms with Gasteiger partial charge in [0.1, 0.15) is 11.6 Å². The number of hydrogen-bond acceptors (Lipinski definition) is 5. The fourth-order valence-corrected chi connectivity index (χ4v) is 0.573. The van der Waals surface area contributed by atoms with Crippen molar-refractivity contribution in [3.05, 3.63) is 12.2 Å². The molecule has 0 aromatic carbocycles. The number of aliphatic hydroxyl groups is 1. The third kappa shape index (κ3) is 4.95. The van der Waals surface area contributed by atoms with Gasteiger partial charge in [-0.25, -0.2) is 4.79 Å². The summed E-state index contributed by atoms with van der Waals surface area (Å²) in [5, 5.41) is 17.0. The number of esters is 1. The fourth-order valence-electron chi connectivity index (χ4n) is 0.573. The molecule has 0 aromatic rings. The SMILES string of the molecule is C=C(C#N)C(=O)OC(C)OC(C)O. The van der Waals surface area contributed by atoms with Gasteiger partial charge < -0.3 is 14.6 Å². The average Bonchev–Trinajstić information content (AvgIpc) is 2.01. The molecule has 0 aliphatic heterocycles. The minimum Gasteiger partial charge on any atom is -0.432 e. The molecule has 0 heterocycles. The van der Waals surface area contributed by atoms with E-state index in [1.165, 1.54) is 19.9 Å². The van der Waals surface area contributed by atoms with Gasteiger partial charge in [-0.15, -0.1) is 0 Å². The molecule has 0 rings (SSSR count). The molecule has 5 nitrogen and oxygen atoms in total. The van der Waals surface area contributed by atoms with Gasteiger partial charge in [0, 0.05) is 0 Å². The lowest BCUT2D eigenvalue weighted by atomic mass is 10.3. The van der Waals surface area contributed by atoms with Crippen LogP contribution in [0.1, 0.15) is 13.8 Å². The molecule has 0 fully saturated rings. The Morgan fingerprint density at radius 3 is 2.54 bits per heavy atom. The first-order chi connectivity index (χ1) is 5.97. The maximum Gasteiger partial charge on any atom is 0.350 e. The topological polar surface area (TPSA) is 79.6 Å². The maximum atomic E-state index is 10.9. The van der Waals surface area contributed by atoms with Crippen LogP contribution in [0, 0.1) is 11.3 Å². The predicted molar refractivity (Wildman–Crippen MR) is 43.1 cm³/mol. The molecule has 0 spiro atoms. The summed E-state index contributed by atoms with van der Waals surface area (Å²) in [4.78, 5) is 10.9. The van der Waals surface area contributed by atoms with Gasteiger partial charge >= 0.3 is 5.97 Å². The highest BCUT2D eigenvalue weighted by Crippen LogP contribution is 2.01. The molecule has 5 heteroatoms. The molecule has 72 valence electrons. The summed E-state index contributed by atoms with van der Waals surface area (Å²) in [6, 6.07) is 1.54. The summed E-state index contributed by atoms with van der Waals surface area (Å²) >= 11 is 0. The summed E-state index contributed by atoms with van der Waals surface area (Å²) in [6.45, 7) is 5.96. The van der Waals surface area contributed by atoms with E-state index in [0.717, 1.165) is 0 Å². The highest BCUT2D eigenvalue weighted by Gasteiger charge is 2.13. The zero-order valence-electron chi connectivity index (χ0n) is 7.48. The van der Waals surface area contributed by atoms with Gasteiger partial charge in [-0.05, 0) is 13.8 Å². The third-order valence-electron chi connectivity index (χ3n) is 1.04. The minimum absolute atomic E-state index is 0.305. The Kier molecular flexibility index (Phi) is 4.74. The molecule has 2 atom stereocenters. The number of carbonyl (C=O) groups is 1. The molecule has 0 aliphatic rings. The molecule has 0 aromatic heterocycles. The predicted octanol–water partition coefficient (Wildman–Crippen LogP) is 0.310. The monoisotopic (exact) mass is 185 g/mol. The van der Waals surface area contributed by atoms with Crippen LogP contribution in [0.25, 0.3) is 0 Å². The second-order valence-electron chi connectivity index (χ2n) is 2.30. The van der Waals surface area contributed by atoms with Crippen LogP contribution in [-0.2, 0) is 14.3 Å². The van der Waals surface area contributed by atoms with Crippen LogP contribution in [0.5, 0.6) is 0 Å². The molecule has 0 aliphatic carbocycles. The summed E-state index contributed by atoms with van der Waals surface area (Å²) in [6.07, 6.45) is -1.93. The highest BCUT2D eigenvalue weighted by molar-refractivity contribution is 5.91. The number of hydrogen-bond donors (Lipinski definition) is 1. The number of aliphatic hydroxyl groups excluding tert-OH is 1. The molecule has 2 unspecified atom stereocenters. The van der Waals surface area contributed by atoms with E-state index in [1.54, 1.807) is 0 Å². The van der Waals surface area contributed by atoms with Gasteiger partial charge in [-0.3, -0.25) is 0 Å². The molecule has 13 heavy (non-hydrogen) atoms. The third-order valence-corrected chi connectivity index (χ3v) is 1.04. The van der Waals surface area contributed by atoms with Crippen LogP contribution in [0.3, 0.4) is 0 Å². The average molecular weight is 185 g/mol. The molecule has 0 saturated carbocycles. The number of rotatable bonds is 4. The van der Waals surface area contributed by atoms with Crippen LogP contribution >= 0.6 is 0 Å². The van der Waals surface area contributed by atoms with Crippen molar-refractivity contribution in [1.82, 2.24) is 0 Å². The molecular formula is C8H11NO4. The van der Waals surface area contributed by atoms with Gasteiger partial charge in [0.25, 0.3) is 0 Å². The summed E-state index contributed by atoms with van der Waals surface area (Å²) in [5.74, 6) is -0.851. The molecule has 0 bridgehead atoms. The summed E-state index contributed by atoms with van der Waals surface area (Å²) in [7, 11) is 0. The van der Waals surface area contributed by atoms with Crippen LogP contribution in [-0.4, -0.2) is 23.7 Å². The number of ether oxygens (including phenoxy) is 2. The van der Waals surface area contributed by atoms with Crippen LogP contribution in [0.2, 0.25) is 0 Å². The lowest BCUT2D eigenvalue weighted by Crippen LogP contribution is -2.23. The van der Waals surface area contributed by atoms with Gasteiger partial charge in [0.15, 0.2) is 6.29 Å². The molecule has 0 saturated heterocycles. The van der Waals surface area contributed by atoms with Crippen molar-refractivity contribution in [2.75, 3.05) is 0 Å². The lowest BCUT2D eigenvalue weighted by Gasteiger charge is -2.14.